The van der Waals surface area contributed by atoms with Crippen LogP contribution in [0.3, 0.4) is 0 Å². The zero-order valence-corrected chi connectivity index (χ0v) is 7.81. The summed E-state index contributed by atoms with van der Waals surface area (Å²) in [5.41, 5.74) is 10.1. The normalized spacial score (nSPS) is 24.0. The Kier molecular flexibility index (Phi) is 6.25. The summed E-state index contributed by atoms with van der Waals surface area (Å²) in [6.45, 7) is 2.00. The number of hydrogen-bond acceptors (Lipinski definition) is 2. The molecule has 0 saturated carbocycles. The Morgan fingerprint density at radius 2 is 1.42 bits per heavy atom. The molecule has 3 heteroatoms. The smallest absolute Gasteiger partial charge is 0.0318 e. The highest BCUT2D eigenvalue weighted by Gasteiger charge is 1.94. The minimum Gasteiger partial charge on any atom is -0.243 e. The number of rotatable bonds is 0. The van der Waals surface area contributed by atoms with E-state index in [0.29, 0.717) is 0 Å². The Bertz CT molecular complexity index is 52.8. The quantitative estimate of drug-likeness (QED) is 0.576. The van der Waals surface area contributed by atoms with Crippen LogP contribution in [-0.2, 0) is 0 Å². The standard InChI is InChI=1S/C9H20N3/c1-2-4-6-8-10-12-11-9-7-5-3-1/h10,12H,1-9H2. The summed E-state index contributed by atoms with van der Waals surface area (Å²) >= 11 is 0. The first kappa shape index (κ1) is 9.96. The summed E-state index contributed by atoms with van der Waals surface area (Å²) in [6, 6.07) is 0. The van der Waals surface area contributed by atoms with Crippen molar-refractivity contribution in [3.05, 3.63) is 0 Å². The van der Waals surface area contributed by atoms with Gasteiger partial charge >= 0.3 is 0 Å². The van der Waals surface area contributed by atoms with Crippen molar-refractivity contribution in [1.82, 2.24) is 16.4 Å². The molecule has 3 nitrogen and oxygen atoms in total. The summed E-state index contributed by atoms with van der Waals surface area (Å²) in [6.07, 6.45) is 9.40. The molecule has 1 rings (SSSR count). The first-order valence-corrected chi connectivity index (χ1v) is 5.14. The summed E-state index contributed by atoms with van der Waals surface area (Å²) in [5.74, 6) is 0. The highest BCUT2D eigenvalue weighted by Crippen LogP contribution is 2.06. The van der Waals surface area contributed by atoms with E-state index in [1.54, 1.807) is 0 Å². The number of nitrogens with zero attached hydrogens (tertiary/aromatic N) is 1. The zero-order chi connectivity index (χ0) is 8.49. The SMILES string of the molecule is C1CCCC[N]NNCCCC1. The second kappa shape index (κ2) is 7.53. The molecule has 0 spiro atoms. The molecule has 2 N–H and O–H groups in total. The minimum absolute atomic E-state index is 0.951. The second-order valence-corrected chi connectivity index (χ2v) is 3.40. The third-order valence-corrected chi connectivity index (χ3v) is 2.23. The third-order valence-electron chi connectivity index (χ3n) is 2.23. The first-order chi connectivity index (χ1) is 6.00. The van der Waals surface area contributed by atoms with Crippen molar-refractivity contribution < 1.29 is 0 Å². The molecule has 1 fully saturated rings. The Morgan fingerprint density at radius 3 is 2.25 bits per heavy atom. The number of hydrogen-bond donors (Lipinski definition) is 2. The Balaban J connectivity index is 2.00. The van der Waals surface area contributed by atoms with Gasteiger partial charge in [0.1, 0.15) is 0 Å². The molecule has 0 bridgehead atoms. The lowest BCUT2D eigenvalue weighted by atomic mass is 10.1. The van der Waals surface area contributed by atoms with Crippen LogP contribution < -0.4 is 16.4 Å². The van der Waals surface area contributed by atoms with Gasteiger partial charge in [-0.3, -0.25) is 0 Å². The van der Waals surface area contributed by atoms with E-state index in [1.807, 2.05) is 0 Å². The molecule has 0 unspecified atom stereocenters. The maximum Gasteiger partial charge on any atom is 0.0318 e. The molecule has 1 aliphatic heterocycles. The lowest BCUT2D eigenvalue weighted by Gasteiger charge is -2.08. The van der Waals surface area contributed by atoms with E-state index in [4.69, 9.17) is 0 Å². The van der Waals surface area contributed by atoms with Gasteiger partial charge in [0.05, 0.1) is 0 Å². The van der Waals surface area contributed by atoms with Crippen LogP contribution in [0.4, 0.5) is 0 Å². The highest BCUT2D eigenvalue weighted by molar-refractivity contribution is 4.50. The average Bonchev–Trinajstić information content (AvgIpc) is 2.05. The molecule has 0 aromatic carbocycles. The van der Waals surface area contributed by atoms with Gasteiger partial charge in [0, 0.05) is 13.1 Å². The van der Waals surface area contributed by atoms with Crippen LogP contribution in [-0.4, -0.2) is 13.1 Å². The van der Waals surface area contributed by atoms with Crippen molar-refractivity contribution in [3.63, 3.8) is 0 Å². The van der Waals surface area contributed by atoms with Gasteiger partial charge in [-0.25, -0.2) is 5.43 Å². The van der Waals surface area contributed by atoms with E-state index >= 15 is 0 Å². The van der Waals surface area contributed by atoms with Crippen molar-refractivity contribution in [2.45, 2.75) is 44.9 Å². The number of hydrazine groups is 1. The molecular weight excluding hydrogens is 150 g/mol. The lowest BCUT2D eigenvalue weighted by molar-refractivity contribution is 0.398. The summed E-state index contributed by atoms with van der Waals surface area (Å²) in [5, 5.41) is 0. The summed E-state index contributed by atoms with van der Waals surface area (Å²) in [7, 11) is 0. The van der Waals surface area contributed by atoms with E-state index in [-0.39, 0.29) is 0 Å². The average molecular weight is 170 g/mol. The molecule has 1 saturated heterocycles. The predicted octanol–water partition coefficient (Wildman–Crippen LogP) is 1.34. The Morgan fingerprint density at radius 1 is 0.750 bits per heavy atom. The molecule has 0 amide bonds. The maximum absolute atomic E-state index is 4.14. The molecule has 0 aliphatic carbocycles. The van der Waals surface area contributed by atoms with Crippen molar-refractivity contribution in [2.24, 2.45) is 0 Å². The van der Waals surface area contributed by atoms with E-state index in [2.05, 4.69) is 16.4 Å². The topological polar surface area (TPSA) is 38.2 Å². The third kappa shape index (κ3) is 5.52. The summed E-state index contributed by atoms with van der Waals surface area (Å²) < 4.78 is 0. The van der Waals surface area contributed by atoms with Crippen LogP contribution in [0.2, 0.25) is 0 Å². The van der Waals surface area contributed by atoms with Gasteiger partial charge < -0.3 is 0 Å². The largest absolute Gasteiger partial charge is 0.243 e. The molecule has 1 heterocycles. The van der Waals surface area contributed by atoms with Crippen molar-refractivity contribution in [3.8, 4) is 0 Å². The molecule has 1 aliphatic rings. The van der Waals surface area contributed by atoms with Crippen molar-refractivity contribution in [2.75, 3.05) is 13.1 Å². The second-order valence-electron chi connectivity index (χ2n) is 3.40. The van der Waals surface area contributed by atoms with Crippen molar-refractivity contribution in [1.29, 1.82) is 0 Å². The molecule has 1 radical (unpaired) electrons. The van der Waals surface area contributed by atoms with Crippen LogP contribution in [0, 0.1) is 0 Å². The van der Waals surface area contributed by atoms with E-state index < -0.39 is 0 Å². The van der Waals surface area contributed by atoms with E-state index in [9.17, 15) is 0 Å². The Labute approximate surface area is 75.2 Å². The van der Waals surface area contributed by atoms with Crippen LogP contribution in [0.15, 0.2) is 0 Å². The molecular formula is C9H20N3. The fourth-order valence-corrected chi connectivity index (χ4v) is 1.46. The van der Waals surface area contributed by atoms with Crippen LogP contribution in [0.5, 0.6) is 0 Å². The molecule has 0 aromatic rings. The molecule has 12 heavy (non-hydrogen) atoms. The molecule has 0 atom stereocenters. The van der Waals surface area contributed by atoms with Gasteiger partial charge in [-0.2, -0.15) is 5.53 Å². The van der Waals surface area contributed by atoms with Gasteiger partial charge in [0.2, 0.25) is 0 Å². The van der Waals surface area contributed by atoms with Gasteiger partial charge in [0.15, 0.2) is 0 Å². The zero-order valence-electron chi connectivity index (χ0n) is 7.81. The first-order valence-electron chi connectivity index (χ1n) is 5.14. The minimum atomic E-state index is 0.951. The fourth-order valence-electron chi connectivity index (χ4n) is 1.46. The van der Waals surface area contributed by atoms with E-state index in [1.165, 1.54) is 44.9 Å². The monoisotopic (exact) mass is 170 g/mol. The van der Waals surface area contributed by atoms with Gasteiger partial charge in [-0.1, -0.05) is 32.1 Å². The molecule has 0 aromatic heterocycles. The van der Waals surface area contributed by atoms with Crippen LogP contribution >= 0.6 is 0 Å². The number of nitrogens with one attached hydrogen (secondary N) is 2. The Hall–Kier alpha value is -0.120. The fraction of sp³-hybridized carbons (Fsp3) is 1.00. The summed E-state index contributed by atoms with van der Waals surface area (Å²) in [4.78, 5) is 0. The highest BCUT2D eigenvalue weighted by atomic mass is 15.6. The van der Waals surface area contributed by atoms with Crippen LogP contribution in [0.1, 0.15) is 44.9 Å². The van der Waals surface area contributed by atoms with Crippen LogP contribution in [0.25, 0.3) is 0 Å². The predicted molar refractivity (Wildman–Crippen MR) is 50.5 cm³/mol. The lowest BCUT2D eigenvalue weighted by Crippen LogP contribution is -2.39. The van der Waals surface area contributed by atoms with Gasteiger partial charge in [-0.05, 0) is 12.8 Å². The maximum atomic E-state index is 4.14. The van der Waals surface area contributed by atoms with Crippen molar-refractivity contribution >= 4 is 0 Å². The molecule has 71 valence electrons. The van der Waals surface area contributed by atoms with Gasteiger partial charge in [-0.15, -0.1) is 5.43 Å². The van der Waals surface area contributed by atoms with Gasteiger partial charge in [0.25, 0.3) is 0 Å². The van der Waals surface area contributed by atoms with E-state index in [0.717, 1.165) is 13.1 Å².